The number of rotatable bonds is 5. The molecule has 0 aliphatic carbocycles. The van der Waals surface area contributed by atoms with Gasteiger partial charge in [0.2, 0.25) is 0 Å². The van der Waals surface area contributed by atoms with Gasteiger partial charge in [-0.2, -0.15) is 0 Å². The maximum atomic E-state index is 5.86. The van der Waals surface area contributed by atoms with E-state index in [2.05, 4.69) is 33.0 Å². The molecule has 1 aliphatic heterocycles. The lowest BCUT2D eigenvalue weighted by Gasteiger charge is -2.23. The van der Waals surface area contributed by atoms with Crippen LogP contribution < -0.4 is 5.32 Å². The summed E-state index contributed by atoms with van der Waals surface area (Å²) in [6.45, 7) is 10.4. The summed E-state index contributed by atoms with van der Waals surface area (Å²) in [5.74, 6) is 1.44. The molecular weight excluding hydrogens is 250 g/mol. The van der Waals surface area contributed by atoms with Crippen molar-refractivity contribution in [2.24, 2.45) is 5.92 Å². The van der Waals surface area contributed by atoms with Crippen LogP contribution in [-0.4, -0.2) is 30.2 Å². The Hall–Kier alpha value is -1.00. The summed E-state index contributed by atoms with van der Waals surface area (Å²) in [5, 5.41) is 3.23. The normalized spacial score (nSPS) is 24.1. The first kappa shape index (κ1) is 15.4. The number of nitrogens with zero attached hydrogens (tertiary/aromatic N) is 2. The van der Waals surface area contributed by atoms with E-state index in [0.29, 0.717) is 5.92 Å². The molecule has 0 amide bonds. The second-order valence-electron chi connectivity index (χ2n) is 6.25. The molecule has 1 aliphatic rings. The predicted octanol–water partition coefficient (Wildman–Crippen LogP) is 2.52. The molecule has 0 spiro atoms. The average Bonchev–Trinajstić information content (AvgIpc) is 2.82. The van der Waals surface area contributed by atoms with Crippen LogP contribution in [0.1, 0.15) is 49.5 Å². The fourth-order valence-corrected chi connectivity index (χ4v) is 3.00. The van der Waals surface area contributed by atoms with E-state index in [1.807, 2.05) is 7.05 Å². The SMILES string of the molecule is CNCC(C)Cc1c(C)nc(C2(C)CCCO2)nc1C. The fourth-order valence-electron chi connectivity index (χ4n) is 3.00. The molecule has 0 saturated carbocycles. The highest BCUT2D eigenvalue weighted by Crippen LogP contribution is 2.34. The molecule has 2 atom stereocenters. The van der Waals surface area contributed by atoms with Crippen LogP contribution >= 0.6 is 0 Å². The lowest BCUT2D eigenvalue weighted by Crippen LogP contribution is -2.25. The molecular formula is C16H27N3O. The van der Waals surface area contributed by atoms with Crippen LogP contribution in [0.25, 0.3) is 0 Å². The molecule has 1 saturated heterocycles. The topological polar surface area (TPSA) is 47.0 Å². The summed E-state index contributed by atoms with van der Waals surface area (Å²) in [5.41, 5.74) is 3.21. The zero-order chi connectivity index (χ0) is 14.8. The Morgan fingerprint density at radius 2 is 1.95 bits per heavy atom. The van der Waals surface area contributed by atoms with Crippen LogP contribution in [0, 0.1) is 19.8 Å². The number of ether oxygens (including phenoxy) is 1. The standard InChI is InChI=1S/C16H27N3O/c1-11(10-17-5)9-14-12(2)18-15(19-13(14)3)16(4)7-6-8-20-16/h11,17H,6-10H2,1-5H3. The van der Waals surface area contributed by atoms with Gasteiger partial charge in [-0.3, -0.25) is 0 Å². The lowest BCUT2D eigenvalue weighted by molar-refractivity contribution is 0.00901. The van der Waals surface area contributed by atoms with Gasteiger partial charge < -0.3 is 10.1 Å². The van der Waals surface area contributed by atoms with Crippen molar-refractivity contribution in [3.8, 4) is 0 Å². The van der Waals surface area contributed by atoms with E-state index >= 15 is 0 Å². The Morgan fingerprint density at radius 1 is 1.30 bits per heavy atom. The van der Waals surface area contributed by atoms with E-state index in [1.54, 1.807) is 0 Å². The molecule has 112 valence electrons. The highest BCUT2D eigenvalue weighted by Gasteiger charge is 2.35. The second-order valence-corrected chi connectivity index (χ2v) is 6.25. The highest BCUT2D eigenvalue weighted by molar-refractivity contribution is 5.26. The largest absolute Gasteiger partial charge is 0.367 e. The molecule has 0 radical (unpaired) electrons. The van der Waals surface area contributed by atoms with Crippen LogP contribution in [0.5, 0.6) is 0 Å². The molecule has 1 aromatic rings. The number of hydrogen-bond donors (Lipinski definition) is 1. The Morgan fingerprint density at radius 3 is 2.45 bits per heavy atom. The van der Waals surface area contributed by atoms with Gasteiger partial charge >= 0.3 is 0 Å². The van der Waals surface area contributed by atoms with Crippen LogP contribution in [0.15, 0.2) is 0 Å². The van der Waals surface area contributed by atoms with Gasteiger partial charge in [0.15, 0.2) is 5.82 Å². The van der Waals surface area contributed by atoms with Crippen molar-refractivity contribution >= 4 is 0 Å². The van der Waals surface area contributed by atoms with E-state index in [-0.39, 0.29) is 5.60 Å². The molecule has 2 rings (SSSR count). The van der Waals surface area contributed by atoms with Gasteiger partial charge in [0.1, 0.15) is 5.60 Å². The molecule has 2 unspecified atom stereocenters. The zero-order valence-corrected chi connectivity index (χ0v) is 13.4. The van der Waals surface area contributed by atoms with Crippen LogP contribution in [0.4, 0.5) is 0 Å². The Labute approximate surface area is 122 Å². The third kappa shape index (κ3) is 3.18. The Bertz CT molecular complexity index is 444. The van der Waals surface area contributed by atoms with E-state index in [4.69, 9.17) is 14.7 Å². The smallest absolute Gasteiger partial charge is 0.160 e. The van der Waals surface area contributed by atoms with Gasteiger partial charge in [0, 0.05) is 18.0 Å². The van der Waals surface area contributed by atoms with Crippen molar-refractivity contribution in [2.75, 3.05) is 20.2 Å². The summed E-state index contributed by atoms with van der Waals surface area (Å²) in [7, 11) is 1.99. The molecule has 4 nitrogen and oxygen atoms in total. The first-order valence-corrected chi connectivity index (χ1v) is 7.59. The Balaban J connectivity index is 2.24. The molecule has 1 fully saturated rings. The van der Waals surface area contributed by atoms with Gasteiger partial charge in [-0.15, -0.1) is 0 Å². The predicted molar refractivity (Wildman–Crippen MR) is 80.8 cm³/mol. The number of aryl methyl sites for hydroxylation is 2. The summed E-state index contributed by atoms with van der Waals surface area (Å²) in [6, 6.07) is 0. The molecule has 20 heavy (non-hydrogen) atoms. The van der Waals surface area contributed by atoms with Crippen molar-refractivity contribution in [2.45, 2.75) is 52.6 Å². The average molecular weight is 277 g/mol. The maximum Gasteiger partial charge on any atom is 0.160 e. The fraction of sp³-hybridized carbons (Fsp3) is 0.750. The lowest BCUT2D eigenvalue weighted by atomic mass is 9.97. The van der Waals surface area contributed by atoms with Crippen molar-refractivity contribution in [3.05, 3.63) is 22.8 Å². The molecule has 0 aromatic carbocycles. The summed E-state index contributed by atoms with van der Waals surface area (Å²) in [6.07, 6.45) is 3.14. The highest BCUT2D eigenvalue weighted by atomic mass is 16.5. The van der Waals surface area contributed by atoms with Crippen molar-refractivity contribution in [3.63, 3.8) is 0 Å². The summed E-state index contributed by atoms with van der Waals surface area (Å²) in [4.78, 5) is 9.49. The molecule has 2 heterocycles. The van der Waals surface area contributed by atoms with Crippen LogP contribution in [0.2, 0.25) is 0 Å². The van der Waals surface area contributed by atoms with Gasteiger partial charge in [0.25, 0.3) is 0 Å². The van der Waals surface area contributed by atoms with Crippen LogP contribution in [-0.2, 0) is 16.8 Å². The minimum absolute atomic E-state index is 0.287. The van der Waals surface area contributed by atoms with Crippen molar-refractivity contribution in [1.82, 2.24) is 15.3 Å². The maximum absolute atomic E-state index is 5.86. The first-order valence-electron chi connectivity index (χ1n) is 7.59. The number of hydrogen-bond acceptors (Lipinski definition) is 4. The summed E-state index contributed by atoms with van der Waals surface area (Å²) >= 11 is 0. The van der Waals surface area contributed by atoms with Gasteiger partial charge in [-0.05, 0) is 65.1 Å². The van der Waals surface area contributed by atoms with Crippen molar-refractivity contribution < 1.29 is 4.74 Å². The van der Waals surface area contributed by atoms with Crippen molar-refractivity contribution in [1.29, 1.82) is 0 Å². The monoisotopic (exact) mass is 277 g/mol. The minimum Gasteiger partial charge on any atom is -0.367 e. The first-order chi connectivity index (χ1) is 9.46. The molecule has 0 bridgehead atoms. The van der Waals surface area contributed by atoms with Gasteiger partial charge in [-0.1, -0.05) is 6.92 Å². The van der Waals surface area contributed by atoms with E-state index in [1.165, 1.54) is 5.56 Å². The summed E-state index contributed by atoms with van der Waals surface area (Å²) < 4.78 is 5.86. The van der Waals surface area contributed by atoms with Crippen LogP contribution in [0.3, 0.4) is 0 Å². The second kappa shape index (κ2) is 6.19. The van der Waals surface area contributed by atoms with Gasteiger partial charge in [-0.25, -0.2) is 9.97 Å². The minimum atomic E-state index is -0.287. The third-order valence-corrected chi connectivity index (χ3v) is 4.22. The van der Waals surface area contributed by atoms with E-state index < -0.39 is 0 Å². The van der Waals surface area contributed by atoms with E-state index in [0.717, 1.165) is 49.6 Å². The molecule has 1 aromatic heterocycles. The number of nitrogens with one attached hydrogen (secondary N) is 1. The Kier molecular flexibility index (Phi) is 4.76. The molecule has 1 N–H and O–H groups in total. The third-order valence-electron chi connectivity index (χ3n) is 4.22. The van der Waals surface area contributed by atoms with Gasteiger partial charge in [0.05, 0.1) is 0 Å². The molecule has 4 heteroatoms. The zero-order valence-electron chi connectivity index (χ0n) is 13.4. The number of aromatic nitrogens is 2. The quantitative estimate of drug-likeness (QED) is 0.898. The van der Waals surface area contributed by atoms with E-state index in [9.17, 15) is 0 Å².